The predicted molar refractivity (Wildman–Crippen MR) is 56.5 cm³/mol. The molecule has 0 bridgehead atoms. The van der Waals surface area contributed by atoms with Gasteiger partial charge in [-0.15, -0.1) is 0 Å². The van der Waals surface area contributed by atoms with E-state index in [-0.39, 0.29) is 18.4 Å². The van der Waals surface area contributed by atoms with Crippen molar-refractivity contribution >= 4 is 11.6 Å². The van der Waals surface area contributed by atoms with Crippen LogP contribution in [0, 0.1) is 0 Å². The van der Waals surface area contributed by atoms with Crippen LogP contribution in [0.2, 0.25) is 5.02 Å². The van der Waals surface area contributed by atoms with Gasteiger partial charge in [0.2, 0.25) is 0 Å². The molecule has 0 heterocycles. The van der Waals surface area contributed by atoms with Crippen molar-refractivity contribution in [3.8, 4) is 5.75 Å². The molecule has 78 valence electrons. The first-order chi connectivity index (χ1) is 6.63. The molecule has 0 aliphatic carbocycles. The third-order valence-corrected chi connectivity index (χ3v) is 2.19. The number of aliphatic hydroxyl groups is 1. The normalized spacial score (nSPS) is 12.8. The van der Waals surface area contributed by atoms with E-state index < -0.39 is 0 Å². The predicted octanol–water partition coefficient (Wildman–Crippen LogP) is 1.52. The summed E-state index contributed by atoms with van der Waals surface area (Å²) in [4.78, 5) is 0. The molecular weight excluding hydrogens is 202 g/mol. The number of hydrogen-bond acceptors (Lipinski definition) is 3. The first-order valence-electron chi connectivity index (χ1n) is 4.45. The largest absolute Gasteiger partial charge is 0.508 e. The fourth-order valence-electron chi connectivity index (χ4n) is 1.04. The molecule has 4 heteroatoms. The number of halogens is 1. The zero-order chi connectivity index (χ0) is 10.6. The molecule has 0 saturated carbocycles. The molecule has 3 N–H and O–H groups in total. The van der Waals surface area contributed by atoms with E-state index in [1.54, 1.807) is 18.2 Å². The molecule has 0 unspecified atom stereocenters. The standard InChI is InChI=1S/C10H14ClNO2/c1-7(6-13)12-5-8-4-9(11)2-3-10(8)14/h2-4,7,12-14H,5-6H2,1H3/t7-/m1/s1. The van der Waals surface area contributed by atoms with Crippen molar-refractivity contribution in [1.82, 2.24) is 5.32 Å². The van der Waals surface area contributed by atoms with Crippen LogP contribution >= 0.6 is 11.6 Å². The van der Waals surface area contributed by atoms with Gasteiger partial charge in [0, 0.05) is 23.2 Å². The van der Waals surface area contributed by atoms with Crippen molar-refractivity contribution in [1.29, 1.82) is 0 Å². The van der Waals surface area contributed by atoms with Gasteiger partial charge in [-0.2, -0.15) is 0 Å². The Morgan fingerprint density at radius 1 is 1.50 bits per heavy atom. The van der Waals surface area contributed by atoms with Crippen LogP contribution in [0.5, 0.6) is 5.75 Å². The lowest BCUT2D eigenvalue weighted by atomic mass is 10.2. The van der Waals surface area contributed by atoms with E-state index >= 15 is 0 Å². The average Bonchev–Trinajstić information content (AvgIpc) is 2.19. The molecule has 0 radical (unpaired) electrons. The molecule has 0 aromatic heterocycles. The minimum absolute atomic E-state index is 0.00776. The third-order valence-electron chi connectivity index (χ3n) is 1.96. The Morgan fingerprint density at radius 3 is 2.86 bits per heavy atom. The Kier molecular flexibility index (Phi) is 4.20. The van der Waals surface area contributed by atoms with Crippen LogP contribution in [0.25, 0.3) is 0 Å². The van der Waals surface area contributed by atoms with Crippen LogP contribution in [-0.4, -0.2) is 22.9 Å². The number of rotatable bonds is 4. The quantitative estimate of drug-likeness (QED) is 0.714. The Balaban J connectivity index is 2.62. The summed E-state index contributed by atoms with van der Waals surface area (Å²) >= 11 is 5.78. The summed E-state index contributed by atoms with van der Waals surface area (Å²) in [5.74, 6) is 0.215. The van der Waals surface area contributed by atoms with Crippen molar-refractivity contribution in [3.63, 3.8) is 0 Å². The zero-order valence-corrected chi connectivity index (χ0v) is 8.75. The van der Waals surface area contributed by atoms with E-state index in [1.165, 1.54) is 0 Å². The van der Waals surface area contributed by atoms with E-state index in [9.17, 15) is 5.11 Å². The highest BCUT2D eigenvalue weighted by Crippen LogP contribution is 2.21. The molecule has 1 aromatic carbocycles. The van der Waals surface area contributed by atoms with Gasteiger partial charge in [-0.05, 0) is 25.1 Å². The Morgan fingerprint density at radius 2 is 2.21 bits per heavy atom. The molecule has 0 fully saturated rings. The van der Waals surface area contributed by atoms with Crippen molar-refractivity contribution in [2.75, 3.05) is 6.61 Å². The molecule has 0 aliphatic heterocycles. The number of hydrogen-bond donors (Lipinski definition) is 3. The van der Waals surface area contributed by atoms with Gasteiger partial charge in [-0.1, -0.05) is 11.6 Å². The number of aliphatic hydroxyl groups excluding tert-OH is 1. The van der Waals surface area contributed by atoms with Crippen molar-refractivity contribution in [2.45, 2.75) is 19.5 Å². The van der Waals surface area contributed by atoms with E-state index in [0.717, 1.165) is 5.56 Å². The lowest BCUT2D eigenvalue weighted by molar-refractivity contribution is 0.250. The summed E-state index contributed by atoms with van der Waals surface area (Å²) in [5.41, 5.74) is 0.734. The van der Waals surface area contributed by atoms with Gasteiger partial charge < -0.3 is 15.5 Å². The second kappa shape index (κ2) is 5.20. The van der Waals surface area contributed by atoms with E-state index in [2.05, 4.69) is 5.32 Å². The number of phenols is 1. The molecule has 1 aromatic rings. The summed E-state index contributed by atoms with van der Waals surface area (Å²) in [6, 6.07) is 4.90. The number of phenolic OH excluding ortho intramolecular Hbond substituents is 1. The third kappa shape index (κ3) is 3.18. The maximum absolute atomic E-state index is 9.46. The average molecular weight is 216 g/mol. The Hall–Kier alpha value is -0.770. The first-order valence-corrected chi connectivity index (χ1v) is 4.83. The first kappa shape index (κ1) is 11.3. The summed E-state index contributed by atoms with van der Waals surface area (Å²) in [5, 5.41) is 21.9. The number of aromatic hydroxyl groups is 1. The van der Waals surface area contributed by atoms with Crippen LogP contribution in [0.1, 0.15) is 12.5 Å². The smallest absolute Gasteiger partial charge is 0.120 e. The maximum Gasteiger partial charge on any atom is 0.120 e. The topological polar surface area (TPSA) is 52.5 Å². The lowest BCUT2D eigenvalue weighted by Gasteiger charge is -2.11. The second-order valence-electron chi connectivity index (χ2n) is 3.24. The SMILES string of the molecule is C[C@H](CO)NCc1cc(Cl)ccc1O. The maximum atomic E-state index is 9.46. The molecule has 3 nitrogen and oxygen atoms in total. The molecule has 1 rings (SSSR count). The van der Waals surface area contributed by atoms with Gasteiger partial charge in [0.1, 0.15) is 5.75 Å². The van der Waals surface area contributed by atoms with Crippen molar-refractivity contribution in [3.05, 3.63) is 28.8 Å². The number of benzene rings is 1. The van der Waals surface area contributed by atoms with Gasteiger partial charge in [-0.25, -0.2) is 0 Å². The minimum atomic E-state index is 0.00776. The summed E-state index contributed by atoms with van der Waals surface area (Å²) in [7, 11) is 0. The molecule has 0 aliphatic rings. The van der Waals surface area contributed by atoms with E-state index in [4.69, 9.17) is 16.7 Å². The summed E-state index contributed by atoms with van der Waals surface area (Å²) in [6.45, 7) is 2.43. The van der Waals surface area contributed by atoms with E-state index in [0.29, 0.717) is 11.6 Å². The van der Waals surface area contributed by atoms with Gasteiger partial charge >= 0.3 is 0 Å². The zero-order valence-electron chi connectivity index (χ0n) is 8.00. The lowest BCUT2D eigenvalue weighted by Crippen LogP contribution is -2.28. The number of nitrogens with one attached hydrogen (secondary N) is 1. The van der Waals surface area contributed by atoms with Crippen molar-refractivity contribution < 1.29 is 10.2 Å². The van der Waals surface area contributed by atoms with Crippen LogP contribution in [0.4, 0.5) is 0 Å². The van der Waals surface area contributed by atoms with Crippen LogP contribution in [0.15, 0.2) is 18.2 Å². The fraction of sp³-hybridized carbons (Fsp3) is 0.400. The van der Waals surface area contributed by atoms with Gasteiger partial charge in [0.05, 0.1) is 6.61 Å². The van der Waals surface area contributed by atoms with Crippen molar-refractivity contribution in [2.24, 2.45) is 0 Å². The van der Waals surface area contributed by atoms with Crippen LogP contribution in [-0.2, 0) is 6.54 Å². The fourth-order valence-corrected chi connectivity index (χ4v) is 1.24. The summed E-state index contributed by atoms with van der Waals surface area (Å²) in [6.07, 6.45) is 0. The molecule has 0 saturated heterocycles. The van der Waals surface area contributed by atoms with Gasteiger partial charge in [0.15, 0.2) is 0 Å². The highest BCUT2D eigenvalue weighted by Gasteiger charge is 2.04. The van der Waals surface area contributed by atoms with E-state index in [1.807, 2.05) is 6.92 Å². The van der Waals surface area contributed by atoms with Crippen LogP contribution < -0.4 is 5.32 Å². The highest BCUT2D eigenvalue weighted by atomic mass is 35.5. The second-order valence-corrected chi connectivity index (χ2v) is 3.67. The highest BCUT2D eigenvalue weighted by molar-refractivity contribution is 6.30. The minimum Gasteiger partial charge on any atom is -0.508 e. The van der Waals surface area contributed by atoms with Gasteiger partial charge in [0.25, 0.3) is 0 Å². The molecular formula is C10H14ClNO2. The molecule has 0 spiro atoms. The summed E-state index contributed by atoms with van der Waals surface area (Å²) < 4.78 is 0. The van der Waals surface area contributed by atoms with Crippen LogP contribution in [0.3, 0.4) is 0 Å². The van der Waals surface area contributed by atoms with Gasteiger partial charge in [-0.3, -0.25) is 0 Å². The Bertz CT molecular complexity index is 304. The monoisotopic (exact) mass is 215 g/mol. The Labute approximate surface area is 88.3 Å². The molecule has 14 heavy (non-hydrogen) atoms. The molecule has 1 atom stereocenters. The molecule has 0 amide bonds.